The number of nitriles is 1. The largest absolute Gasteiger partial charge is 0.455 e. The van der Waals surface area contributed by atoms with Crippen LogP contribution in [0.4, 0.5) is 0 Å². The molecule has 0 saturated carbocycles. The normalized spacial score (nSPS) is 11.4. The fourth-order valence-electron chi connectivity index (χ4n) is 3.99. The van der Waals surface area contributed by atoms with Crippen molar-refractivity contribution in [3.63, 3.8) is 0 Å². The Kier molecular flexibility index (Phi) is 4.00. The molecule has 2 aromatic carbocycles. The van der Waals surface area contributed by atoms with Crippen LogP contribution in [-0.2, 0) is 7.05 Å². The van der Waals surface area contributed by atoms with Crippen molar-refractivity contribution in [2.24, 2.45) is 7.05 Å². The van der Waals surface area contributed by atoms with Gasteiger partial charge in [-0.3, -0.25) is 0 Å². The van der Waals surface area contributed by atoms with E-state index in [2.05, 4.69) is 69.8 Å². The van der Waals surface area contributed by atoms with Crippen molar-refractivity contribution < 1.29 is 8.98 Å². The lowest BCUT2D eigenvalue weighted by molar-refractivity contribution is -0.660. The molecule has 0 amide bonds. The van der Waals surface area contributed by atoms with Gasteiger partial charge in [0, 0.05) is 22.4 Å². The Balaban J connectivity index is 2.09. The highest BCUT2D eigenvalue weighted by Crippen LogP contribution is 2.37. The molecule has 2 heterocycles. The van der Waals surface area contributed by atoms with Crippen molar-refractivity contribution in [3.8, 4) is 17.3 Å². The zero-order chi connectivity index (χ0) is 19.3. The summed E-state index contributed by atoms with van der Waals surface area (Å²) in [6, 6.07) is 14.4. The molecule has 3 nitrogen and oxygen atoms in total. The van der Waals surface area contributed by atoms with Crippen LogP contribution in [0.1, 0.15) is 42.0 Å². The summed E-state index contributed by atoms with van der Waals surface area (Å²) >= 11 is 0. The zero-order valence-corrected chi connectivity index (χ0v) is 16.4. The molecular weight excluding hydrogens is 332 g/mol. The lowest BCUT2D eigenvalue weighted by atomic mass is 9.94. The Morgan fingerprint density at radius 3 is 2.44 bits per heavy atom. The SMILES string of the molecule is Cc1c[n+](C)c(-c2c(C)ccc3c2oc2cc(C#N)ccc23)cc1C(C)C. The molecule has 0 unspecified atom stereocenters. The standard InChI is InChI=1S/C24H23N2O/c1-14(2)20-11-21(26(5)13-16(20)4)23-15(3)6-8-19-18-9-7-17(12-25)10-22(18)27-24(19)23/h6-11,13-14H,1-5H3/q+1. The molecule has 0 N–H and O–H groups in total. The highest BCUT2D eigenvalue weighted by molar-refractivity contribution is 6.09. The zero-order valence-electron chi connectivity index (χ0n) is 16.4. The number of aryl methyl sites for hydroxylation is 3. The second-order valence-corrected chi connectivity index (χ2v) is 7.62. The molecule has 0 spiro atoms. The van der Waals surface area contributed by atoms with E-state index in [9.17, 15) is 5.26 Å². The Hall–Kier alpha value is -3.12. The molecule has 4 aromatic rings. The number of pyridine rings is 1. The Labute approximate surface area is 159 Å². The third kappa shape index (κ3) is 2.69. The smallest absolute Gasteiger partial charge is 0.216 e. The number of aromatic nitrogens is 1. The van der Waals surface area contributed by atoms with Crippen molar-refractivity contribution in [3.05, 3.63) is 64.8 Å². The van der Waals surface area contributed by atoms with E-state index in [1.165, 1.54) is 16.7 Å². The molecule has 2 aromatic heterocycles. The maximum absolute atomic E-state index is 9.20. The Morgan fingerprint density at radius 1 is 1.00 bits per heavy atom. The first-order chi connectivity index (χ1) is 12.9. The van der Waals surface area contributed by atoms with Crippen LogP contribution in [0.5, 0.6) is 0 Å². The van der Waals surface area contributed by atoms with Crippen LogP contribution < -0.4 is 4.57 Å². The van der Waals surface area contributed by atoms with E-state index in [0.717, 1.165) is 33.2 Å². The predicted octanol–water partition coefficient (Wildman–Crippen LogP) is 5.69. The van der Waals surface area contributed by atoms with Gasteiger partial charge in [-0.25, -0.2) is 4.57 Å². The van der Waals surface area contributed by atoms with Crippen LogP contribution >= 0.6 is 0 Å². The molecule has 0 saturated heterocycles. The minimum Gasteiger partial charge on any atom is -0.455 e. The molecule has 27 heavy (non-hydrogen) atoms. The highest BCUT2D eigenvalue weighted by atomic mass is 16.3. The quantitative estimate of drug-likeness (QED) is 0.433. The second-order valence-electron chi connectivity index (χ2n) is 7.62. The van der Waals surface area contributed by atoms with Gasteiger partial charge < -0.3 is 4.42 Å². The average molecular weight is 355 g/mol. The topological polar surface area (TPSA) is 40.8 Å². The van der Waals surface area contributed by atoms with Gasteiger partial charge in [0.05, 0.1) is 17.2 Å². The van der Waals surface area contributed by atoms with Crippen LogP contribution in [0.2, 0.25) is 0 Å². The van der Waals surface area contributed by atoms with Crippen molar-refractivity contribution in [1.82, 2.24) is 0 Å². The number of furan rings is 1. The summed E-state index contributed by atoms with van der Waals surface area (Å²) in [4.78, 5) is 0. The van der Waals surface area contributed by atoms with Gasteiger partial charge in [-0.2, -0.15) is 5.26 Å². The molecular formula is C24H23N2O+. The first-order valence-corrected chi connectivity index (χ1v) is 9.27. The van der Waals surface area contributed by atoms with E-state index in [1.54, 1.807) is 0 Å². The lowest BCUT2D eigenvalue weighted by Gasteiger charge is -2.12. The number of rotatable bonds is 2. The molecule has 0 radical (unpaired) electrons. The van der Waals surface area contributed by atoms with Gasteiger partial charge in [-0.05, 0) is 49.1 Å². The molecule has 4 rings (SSSR count). The molecule has 0 atom stereocenters. The van der Waals surface area contributed by atoms with Gasteiger partial charge >= 0.3 is 0 Å². The summed E-state index contributed by atoms with van der Waals surface area (Å²) in [6.45, 7) is 8.74. The number of nitrogens with zero attached hydrogens (tertiary/aromatic N) is 2. The average Bonchev–Trinajstić information content (AvgIpc) is 2.99. The van der Waals surface area contributed by atoms with Crippen LogP contribution in [0.3, 0.4) is 0 Å². The van der Waals surface area contributed by atoms with Crippen molar-refractivity contribution in [1.29, 1.82) is 5.26 Å². The fourth-order valence-corrected chi connectivity index (χ4v) is 3.99. The van der Waals surface area contributed by atoms with Gasteiger partial charge in [0.2, 0.25) is 5.69 Å². The number of fused-ring (bicyclic) bond motifs is 3. The van der Waals surface area contributed by atoms with Gasteiger partial charge in [-0.1, -0.05) is 26.0 Å². The highest BCUT2D eigenvalue weighted by Gasteiger charge is 2.22. The second kappa shape index (κ2) is 6.25. The van der Waals surface area contributed by atoms with Crippen LogP contribution in [-0.4, -0.2) is 0 Å². The minimum absolute atomic E-state index is 0.457. The summed E-state index contributed by atoms with van der Waals surface area (Å²) in [5.74, 6) is 0.457. The first kappa shape index (κ1) is 17.3. The van der Waals surface area contributed by atoms with Crippen LogP contribution in [0.15, 0.2) is 47.0 Å². The maximum atomic E-state index is 9.20. The molecule has 0 bridgehead atoms. The molecule has 0 aliphatic carbocycles. The van der Waals surface area contributed by atoms with E-state index in [0.29, 0.717) is 11.5 Å². The van der Waals surface area contributed by atoms with E-state index in [-0.39, 0.29) is 0 Å². The van der Waals surface area contributed by atoms with Gasteiger partial charge in [0.1, 0.15) is 18.2 Å². The van der Waals surface area contributed by atoms with Gasteiger partial charge in [-0.15, -0.1) is 0 Å². The molecule has 0 aliphatic rings. The van der Waals surface area contributed by atoms with Crippen LogP contribution in [0, 0.1) is 25.2 Å². The molecule has 3 heteroatoms. The van der Waals surface area contributed by atoms with Gasteiger partial charge in [0.15, 0.2) is 6.20 Å². The third-order valence-corrected chi connectivity index (χ3v) is 5.37. The molecule has 0 aliphatic heterocycles. The van der Waals surface area contributed by atoms with Crippen molar-refractivity contribution in [2.45, 2.75) is 33.6 Å². The van der Waals surface area contributed by atoms with E-state index in [1.807, 2.05) is 18.2 Å². The van der Waals surface area contributed by atoms with E-state index < -0.39 is 0 Å². The summed E-state index contributed by atoms with van der Waals surface area (Å²) in [5, 5.41) is 11.3. The summed E-state index contributed by atoms with van der Waals surface area (Å²) in [6.07, 6.45) is 2.19. The summed E-state index contributed by atoms with van der Waals surface area (Å²) < 4.78 is 8.46. The fraction of sp³-hybridized carbons (Fsp3) is 0.250. The van der Waals surface area contributed by atoms with Crippen LogP contribution in [0.25, 0.3) is 33.2 Å². The van der Waals surface area contributed by atoms with E-state index in [4.69, 9.17) is 4.42 Å². The van der Waals surface area contributed by atoms with Crippen molar-refractivity contribution in [2.75, 3.05) is 0 Å². The number of benzene rings is 2. The third-order valence-electron chi connectivity index (χ3n) is 5.37. The molecule has 0 fully saturated rings. The first-order valence-electron chi connectivity index (χ1n) is 9.27. The number of hydrogen-bond acceptors (Lipinski definition) is 2. The lowest BCUT2D eigenvalue weighted by Crippen LogP contribution is -2.32. The summed E-state index contributed by atoms with van der Waals surface area (Å²) in [7, 11) is 2.08. The molecule has 134 valence electrons. The maximum Gasteiger partial charge on any atom is 0.216 e. The Bertz CT molecular complexity index is 1240. The minimum atomic E-state index is 0.457. The van der Waals surface area contributed by atoms with Gasteiger partial charge in [0.25, 0.3) is 0 Å². The predicted molar refractivity (Wildman–Crippen MR) is 109 cm³/mol. The summed E-state index contributed by atoms with van der Waals surface area (Å²) in [5.41, 5.74) is 8.34. The Morgan fingerprint density at radius 2 is 1.74 bits per heavy atom. The van der Waals surface area contributed by atoms with Crippen molar-refractivity contribution >= 4 is 21.9 Å². The number of hydrogen-bond donors (Lipinski definition) is 0. The van der Waals surface area contributed by atoms with E-state index >= 15 is 0 Å². The monoisotopic (exact) mass is 355 g/mol.